The molecule has 3 rings (SSSR count). The van der Waals surface area contributed by atoms with E-state index in [4.69, 9.17) is 23.2 Å². The fourth-order valence-electron chi connectivity index (χ4n) is 4.53. The molecule has 2 aliphatic rings. The lowest BCUT2D eigenvalue weighted by Crippen LogP contribution is -2.48. The van der Waals surface area contributed by atoms with Crippen LogP contribution in [0.4, 0.5) is 0 Å². The molecule has 28 heavy (non-hydrogen) atoms. The van der Waals surface area contributed by atoms with Crippen molar-refractivity contribution >= 4 is 35.0 Å². The smallest absolute Gasteiger partial charge is 0.256 e. The maximum absolute atomic E-state index is 12.9. The number of hydrogen-bond acceptors (Lipinski definition) is 3. The molecule has 5 nitrogen and oxygen atoms in total. The summed E-state index contributed by atoms with van der Waals surface area (Å²) in [6.07, 6.45) is 2.75. The van der Waals surface area contributed by atoms with Gasteiger partial charge in [0.2, 0.25) is 5.91 Å². The predicted octanol–water partition coefficient (Wildman–Crippen LogP) is 3.69. The lowest BCUT2D eigenvalue weighted by molar-refractivity contribution is -0.124. The second kappa shape index (κ2) is 9.47. The minimum Gasteiger partial charge on any atom is -0.353 e. The number of piperidine rings is 1. The fourth-order valence-corrected chi connectivity index (χ4v) is 4.90. The first-order valence-electron chi connectivity index (χ1n) is 10.1. The molecule has 7 heteroatoms. The van der Waals surface area contributed by atoms with E-state index in [0.717, 1.165) is 26.1 Å². The topological polar surface area (TPSA) is 52.7 Å². The Morgan fingerprint density at radius 1 is 1.18 bits per heavy atom. The summed E-state index contributed by atoms with van der Waals surface area (Å²) in [4.78, 5) is 29.7. The zero-order valence-corrected chi connectivity index (χ0v) is 18.1. The first-order chi connectivity index (χ1) is 13.3. The number of likely N-dealkylation sites (tertiary alicyclic amines) is 2. The van der Waals surface area contributed by atoms with Gasteiger partial charge in [0.25, 0.3) is 5.91 Å². The predicted molar refractivity (Wildman–Crippen MR) is 113 cm³/mol. The van der Waals surface area contributed by atoms with Crippen LogP contribution in [0.2, 0.25) is 10.0 Å². The Morgan fingerprint density at radius 2 is 1.89 bits per heavy atom. The molecular weight excluding hydrogens is 397 g/mol. The first kappa shape index (κ1) is 21.4. The minimum atomic E-state index is -0.443. The number of nitrogens with one attached hydrogen (secondary N) is 1. The molecule has 1 aromatic rings. The number of carbonyl (C=O) groups is 2. The largest absolute Gasteiger partial charge is 0.353 e. The average Bonchev–Trinajstić information content (AvgIpc) is 3.12. The highest BCUT2D eigenvalue weighted by molar-refractivity contribution is 6.35. The van der Waals surface area contributed by atoms with Gasteiger partial charge in [0.15, 0.2) is 0 Å². The standard InChI is InChI=1S/C21H29Cl2N3O2/c1-14-10-15(2)13-25(12-14)9-7-24-20(27)19-4-3-8-26(19)21(28)17-11-16(22)5-6-18(17)23/h5-6,11,14-15,19H,3-4,7-10,12-13H2,1-2H3,(H,24,27). The molecule has 2 saturated heterocycles. The Morgan fingerprint density at radius 3 is 2.61 bits per heavy atom. The average molecular weight is 426 g/mol. The van der Waals surface area contributed by atoms with E-state index >= 15 is 0 Å². The van der Waals surface area contributed by atoms with E-state index in [2.05, 4.69) is 24.1 Å². The Balaban J connectivity index is 1.55. The van der Waals surface area contributed by atoms with Gasteiger partial charge in [0.1, 0.15) is 6.04 Å². The Bertz CT molecular complexity index is 718. The highest BCUT2D eigenvalue weighted by atomic mass is 35.5. The lowest BCUT2D eigenvalue weighted by atomic mass is 9.92. The number of nitrogens with zero attached hydrogens (tertiary/aromatic N) is 2. The molecule has 154 valence electrons. The van der Waals surface area contributed by atoms with E-state index in [9.17, 15) is 9.59 Å². The van der Waals surface area contributed by atoms with E-state index in [0.29, 0.717) is 47.0 Å². The Kier molecular flexibility index (Phi) is 7.24. The van der Waals surface area contributed by atoms with Crippen molar-refractivity contribution in [2.45, 2.75) is 39.2 Å². The van der Waals surface area contributed by atoms with Crippen molar-refractivity contribution in [2.24, 2.45) is 11.8 Å². The summed E-state index contributed by atoms with van der Waals surface area (Å²) in [6.45, 7) is 8.74. The molecule has 0 radical (unpaired) electrons. The Hall–Kier alpha value is -1.30. The molecule has 2 amide bonds. The maximum Gasteiger partial charge on any atom is 0.256 e. The van der Waals surface area contributed by atoms with Gasteiger partial charge < -0.3 is 15.1 Å². The molecule has 3 unspecified atom stereocenters. The van der Waals surface area contributed by atoms with Crippen LogP contribution in [0.5, 0.6) is 0 Å². The highest BCUT2D eigenvalue weighted by Gasteiger charge is 2.35. The van der Waals surface area contributed by atoms with E-state index in [1.165, 1.54) is 6.42 Å². The minimum absolute atomic E-state index is 0.0814. The SMILES string of the molecule is CC1CC(C)CN(CCNC(=O)C2CCCN2C(=O)c2cc(Cl)ccc2Cl)C1. The van der Waals surface area contributed by atoms with Crippen molar-refractivity contribution in [3.8, 4) is 0 Å². The number of benzene rings is 1. The van der Waals surface area contributed by atoms with Crippen LogP contribution in [0.15, 0.2) is 18.2 Å². The van der Waals surface area contributed by atoms with Gasteiger partial charge in [0, 0.05) is 37.7 Å². The lowest BCUT2D eigenvalue weighted by Gasteiger charge is -2.35. The quantitative estimate of drug-likeness (QED) is 0.782. The van der Waals surface area contributed by atoms with Gasteiger partial charge in [-0.15, -0.1) is 0 Å². The maximum atomic E-state index is 12.9. The van der Waals surface area contributed by atoms with E-state index in [1.807, 2.05) is 0 Å². The third-order valence-corrected chi connectivity index (χ3v) is 6.21. The molecule has 0 spiro atoms. The molecule has 3 atom stereocenters. The fraction of sp³-hybridized carbons (Fsp3) is 0.619. The molecule has 0 aromatic heterocycles. The third-order valence-electron chi connectivity index (χ3n) is 5.65. The van der Waals surface area contributed by atoms with Crippen LogP contribution >= 0.6 is 23.2 Å². The summed E-state index contributed by atoms with van der Waals surface area (Å²) in [7, 11) is 0. The van der Waals surface area contributed by atoms with Gasteiger partial charge >= 0.3 is 0 Å². The van der Waals surface area contributed by atoms with E-state index < -0.39 is 6.04 Å². The summed E-state index contributed by atoms with van der Waals surface area (Å²) < 4.78 is 0. The van der Waals surface area contributed by atoms with Crippen molar-refractivity contribution in [1.82, 2.24) is 15.1 Å². The van der Waals surface area contributed by atoms with Crippen molar-refractivity contribution in [3.63, 3.8) is 0 Å². The molecule has 0 saturated carbocycles. The molecule has 0 aliphatic carbocycles. The van der Waals surface area contributed by atoms with Gasteiger partial charge in [-0.2, -0.15) is 0 Å². The molecule has 2 aliphatic heterocycles. The molecule has 2 heterocycles. The first-order valence-corrected chi connectivity index (χ1v) is 10.9. The molecule has 2 fully saturated rings. The van der Waals surface area contributed by atoms with Crippen LogP contribution in [-0.4, -0.2) is 60.4 Å². The second-order valence-electron chi connectivity index (χ2n) is 8.28. The van der Waals surface area contributed by atoms with Gasteiger partial charge in [-0.05, 0) is 49.3 Å². The summed E-state index contributed by atoms with van der Waals surface area (Å²) in [5.74, 6) is 1.08. The summed E-state index contributed by atoms with van der Waals surface area (Å²) >= 11 is 12.2. The zero-order valence-electron chi connectivity index (χ0n) is 16.6. The van der Waals surface area contributed by atoms with Gasteiger partial charge in [-0.3, -0.25) is 9.59 Å². The molecule has 1 N–H and O–H groups in total. The number of carbonyl (C=O) groups excluding carboxylic acids is 2. The van der Waals surface area contributed by atoms with Crippen LogP contribution in [0, 0.1) is 11.8 Å². The van der Waals surface area contributed by atoms with E-state index in [1.54, 1.807) is 23.1 Å². The summed E-state index contributed by atoms with van der Waals surface area (Å²) in [6, 6.07) is 4.39. The highest BCUT2D eigenvalue weighted by Crippen LogP contribution is 2.26. The zero-order chi connectivity index (χ0) is 20.3. The van der Waals surface area contributed by atoms with Crippen molar-refractivity contribution in [2.75, 3.05) is 32.7 Å². The normalized spacial score (nSPS) is 25.7. The molecule has 1 aromatic carbocycles. The van der Waals surface area contributed by atoms with Crippen LogP contribution in [0.25, 0.3) is 0 Å². The molecular formula is C21H29Cl2N3O2. The van der Waals surface area contributed by atoms with Crippen molar-refractivity contribution in [1.29, 1.82) is 0 Å². The van der Waals surface area contributed by atoms with Crippen molar-refractivity contribution in [3.05, 3.63) is 33.8 Å². The number of rotatable bonds is 5. The Labute approximate surface area is 177 Å². The second-order valence-corrected chi connectivity index (χ2v) is 9.12. The van der Waals surface area contributed by atoms with Crippen LogP contribution in [0.3, 0.4) is 0 Å². The summed E-state index contributed by atoms with van der Waals surface area (Å²) in [5, 5.41) is 3.84. The molecule has 0 bridgehead atoms. The van der Waals surface area contributed by atoms with Crippen LogP contribution < -0.4 is 5.32 Å². The van der Waals surface area contributed by atoms with Gasteiger partial charge in [0.05, 0.1) is 10.6 Å². The summed E-state index contributed by atoms with van der Waals surface area (Å²) in [5.41, 5.74) is 0.352. The number of hydrogen-bond donors (Lipinski definition) is 1. The number of halogens is 2. The third kappa shape index (κ3) is 5.19. The van der Waals surface area contributed by atoms with Crippen LogP contribution in [-0.2, 0) is 4.79 Å². The van der Waals surface area contributed by atoms with Crippen molar-refractivity contribution < 1.29 is 9.59 Å². The van der Waals surface area contributed by atoms with E-state index in [-0.39, 0.29) is 11.8 Å². The monoisotopic (exact) mass is 425 g/mol. The van der Waals surface area contributed by atoms with Crippen LogP contribution in [0.1, 0.15) is 43.5 Å². The number of amides is 2. The van der Waals surface area contributed by atoms with Gasteiger partial charge in [-0.1, -0.05) is 37.0 Å². The van der Waals surface area contributed by atoms with Gasteiger partial charge in [-0.25, -0.2) is 0 Å².